The summed E-state index contributed by atoms with van der Waals surface area (Å²) in [5.74, 6) is 0. The molecule has 2 aromatic rings. The quantitative estimate of drug-likeness (QED) is 0.366. The highest BCUT2D eigenvalue weighted by Crippen LogP contribution is 2.45. The third-order valence-electron chi connectivity index (χ3n) is 3.24. The predicted molar refractivity (Wildman–Crippen MR) is 102 cm³/mol. The maximum Gasteiger partial charge on any atom is 0.417 e. The van der Waals surface area contributed by atoms with Gasteiger partial charge in [0.15, 0.2) is 11.3 Å². The minimum Gasteiger partial charge on any atom is -0.321 e. The highest BCUT2D eigenvalue weighted by Gasteiger charge is 2.33. The van der Waals surface area contributed by atoms with Crippen LogP contribution in [-0.2, 0) is 6.18 Å². The van der Waals surface area contributed by atoms with E-state index in [0.29, 0.717) is 10.6 Å². The van der Waals surface area contributed by atoms with Crippen LogP contribution in [0.4, 0.5) is 18.9 Å². The highest BCUT2D eigenvalue weighted by molar-refractivity contribution is 7.99. The van der Waals surface area contributed by atoms with E-state index in [1.165, 1.54) is 35.2 Å². The molecule has 0 amide bonds. The molecule has 0 saturated heterocycles. The van der Waals surface area contributed by atoms with Crippen LogP contribution in [0.15, 0.2) is 46.2 Å². The summed E-state index contributed by atoms with van der Waals surface area (Å²) in [7, 11) is 1.60. The van der Waals surface area contributed by atoms with Crippen molar-refractivity contribution < 1.29 is 13.2 Å². The third-order valence-corrected chi connectivity index (χ3v) is 5.66. The Balaban J connectivity index is 2.39. The first-order valence-corrected chi connectivity index (χ1v) is 8.89. The number of nitrogens with zero attached hydrogens (tertiary/aromatic N) is 2. The SMILES string of the molecule is CN(C(=S)NC#N)c1cc(Cl)c(Sc2ccccc2C(F)(F)F)c(Cl)c1. The lowest BCUT2D eigenvalue weighted by molar-refractivity contribution is -0.139. The topological polar surface area (TPSA) is 39.1 Å². The van der Waals surface area contributed by atoms with Crippen LogP contribution in [0.5, 0.6) is 0 Å². The van der Waals surface area contributed by atoms with Gasteiger partial charge in [0, 0.05) is 22.5 Å². The molecule has 0 radical (unpaired) electrons. The molecule has 0 aliphatic carbocycles. The Bertz CT molecular complexity index is 859. The van der Waals surface area contributed by atoms with Crippen LogP contribution in [0.2, 0.25) is 10.0 Å². The first-order chi connectivity index (χ1) is 12.1. The second-order valence-electron chi connectivity index (χ2n) is 4.94. The number of thiocarbonyl (C=S) groups is 1. The molecule has 2 rings (SSSR count). The second kappa shape index (κ2) is 8.35. The summed E-state index contributed by atoms with van der Waals surface area (Å²) >= 11 is 18.3. The molecular formula is C16H10Cl2F3N3S2. The van der Waals surface area contributed by atoms with Gasteiger partial charge in [0.25, 0.3) is 0 Å². The zero-order valence-electron chi connectivity index (χ0n) is 13.1. The van der Waals surface area contributed by atoms with Crippen molar-refractivity contribution in [2.75, 3.05) is 11.9 Å². The number of halogens is 5. The molecule has 0 unspecified atom stereocenters. The van der Waals surface area contributed by atoms with E-state index in [1.807, 2.05) is 0 Å². The molecule has 26 heavy (non-hydrogen) atoms. The number of nitrogens with one attached hydrogen (secondary N) is 1. The van der Waals surface area contributed by atoms with E-state index in [-0.39, 0.29) is 20.1 Å². The van der Waals surface area contributed by atoms with Crippen molar-refractivity contribution in [2.45, 2.75) is 16.0 Å². The van der Waals surface area contributed by atoms with Crippen LogP contribution < -0.4 is 10.2 Å². The maximum atomic E-state index is 13.1. The number of alkyl halides is 3. The number of benzene rings is 2. The lowest BCUT2D eigenvalue weighted by Gasteiger charge is -2.20. The summed E-state index contributed by atoms with van der Waals surface area (Å²) < 4.78 is 39.4. The molecule has 10 heteroatoms. The van der Waals surface area contributed by atoms with E-state index in [2.05, 4.69) is 5.32 Å². The molecule has 136 valence electrons. The Morgan fingerprint density at radius 3 is 2.35 bits per heavy atom. The Labute approximate surface area is 167 Å². The zero-order chi connectivity index (χ0) is 19.5. The average molecular weight is 436 g/mol. The summed E-state index contributed by atoms with van der Waals surface area (Å²) in [4.78, 5) is 1.75. The molecule has 0 aromatic heterocycles. The van der Waals surface area contributed by atoms with E-state index in [0.717, 1.165) is 17.8 Å². The summed E-state index contributed by atoms with van der Waals surface area (Å²) in [5.41, 5.74) is -0.279. The number of nitriles is 1. The van der Waals surface area contributed by atoms with Crippen LogP contribution >= 0.6 is 47.2 Å². The fourth-order valence-corrected chi connectivity index (χ4v) is 3.82. The molecular weight excluding hydrogens is 426 g/mol. The van der Waals surface area contributed by atoms with Gasteiger partial charge in [-0.05, 0) is 36.5 Å². The van der Waals surface area contributed by atoms with Crippen molar-refractivity contribution in [2.24, 2.45) is 0 Å². The fourth-order valence-electron chi connectivity index (χ4n) is 1.99. The highest BCUT2D eigenvalue weighted by atomic mass is 35.5. The number of hydrogen-bond donors (Lipinski definition) is 1. The molecule has 0 fully saturated rings. The molecule has 0 atom stereocenters. The molecule has 0 spiro atoms. The zero-order valence-corrected chi connectivity index (χ0v) is 16.2. The Morgan fingerprint density at radius 2 is 1.81 bits per heavy atom. The van der Waals surface area contributed by atoms with Crippen LogP contribution in [-0.4, -0.2) is 12.2 Å². The van der Waals surface area contributed by atoms with Gasteiger partial charge in [-0.3, -0.25) is 5.32 Å². The minimum absolute atomic E-state index is 0.00780. The molecule has 3 nitrogen and oxygen atoms in total. The lowest BCUT2D eigenvalue weighted by atomic mass is 10.2. The van der Waals surface area contributed by atoms with Crippen molar-refractivity contribution in [1.29, 1.82) is 5.26 Å². The van der Waals surface area contributed by atoms with Gasteiger partial charge in [-0.25, -0.2) is 0 Å². The maximum absolute atomic E-state index is 13.1. The largest absolute Gasteiger partial charge is 0.417 e. The molecule has 0 heterocycles. The molecule has 2 aromatic carbocycles. The van der Waals surface area contributed by atoms with Gasteiger partial charge in [0.05, 0.1) is 15.6 Å². The van der Waals surface area contributed by atoms with Crippen molar-refractivity contribution >= 4 is 58.0 Å². The first-order valence-electron chi connectivity index (χ1n) is 6.91. The van der Waals surface area contributed by atoms with Crippen LogP contribution in [0.25, 0.3) is 0 Å². The predicted octanol–water partition coefficient (Wildman–Crippen LogP) is 5.96. The molecule has 0 saturated carbocycles. The number of hydrogen-bond acceptors (Lipinski definition) is 3. The normalized spacial score (nSPS) is 11.0. The van der Waals surface area contributed by atoms with Gasteiger partial charge in [0.1, 0.15) is 0 Å². The monoisotopic (exact) mass is 435 g/mol. The Morgan fingerprint density at radius 1 is 1.23 bits per heavy atom. The van der Waals surface area contributed by atoms with Gasteiger partial charge in [-0.2, -0.15) is 18.4 Å². The van der Waals surface area contributed by atoms with Crippen LogP contribution in [0, 0.1) is 11.5 Å². The van der Waals surface area contributed by atoms with E-state index in [4.69, 9.17) is 40.7 Å². The third kappa shape index (κ3) is 4.74. The lowest BCUT2D eigenvalue weighted by Crippen LogP contribution is -2.34. The summed E-state index contributed by atoms with van der Waals surface area (Å²) in [6.07, 6.45) is -2.79. The van der Waals surface area contributed by atoms with Crippen LogP contribution in [0.1, 0.15) is 5.56 Å². The summed E-state index contributed by atoms with van der Waals surface area (Å²) in [6.45, 7) is 0. The molecule has 0 bridgehead atoms. The van der Waals surface area contributed by atoms with Gasteiger partial charge in [-0.1, -0.05) is 47.1 Å². The van der Waals surface area contributed by atoms with Crippen molar-refractivity contribution in [3.05, 3.63) is 52.0 Å². The van der Waals surface area contributed by atoms with Gasteiger partial charge in [0.2, 0.25) is 0 Å². The number of rotatable bonds is 3. The van der Waals surface area contributed by atoms with E-state index < -0.39 is 11.7 Å². The van der Waals surface area contributed by atoms with Crippen molar-refractivity contribution in [3.8, 4) is 6.19 Å². The molecule has 0 aliphatic heterocycles. The van der Waals surface area contributed by atoms with E-state index >= 15 is 0 Å². The van der Waals surface area contributed by atoms with Gasteiger partial charge < -0.3 is 4.90 Å². The second-order valence-corrected chi connectivity index (χ2v) is 7.19. The fraction of sp³-hybridized carbons (Fsp3) is 0.125. The van der Waals surface area contributed by atoms with E-state index in [9.17, 15) is 13.2 Å². The Hall–Kier alpha value is -1.66. The van der Waals surface area contributed by atoms with Gasteiger partial charge >= 0.3 is 6.18 Å². The summed E-state index contributed by atoms with van der Waals surface area (Å²) in [6, 6.07) is 8.20. The summed E-state index contributed by atoms with van der Waals surface area (Å²) in [5, 5.41) is 11.4. The molecule has 0 aliphatic rings. The standard InChI is InChI=1S/C16H10Cl2F3N3S2/c1-24(15(25)23-8-22)9-6-11(17)14(12(18)7-9)26-13-5-3-2-4-10(13)16(19,20)21/h2-7H,1H3,(H,23,25). The van der Waals surface area contributed by atoms with Crippen molar-refractivity contribution in [3.63, 3.8) is 0 Å². The smallest absolute Gasteiger partial charge is 0.321 e. The van der Waals surface area contributed by atoms with Crippen LogP contribution in [0.3, 0.4) is 0 Å². The average Bonchev–Trinajstić information content (AvgIpc) is 2.57. The van der Waals surface area contributed by atoms with Crippen molar-refractivity contribution in [1.82, 2.24) is 5.32 Å². The molecule has 1 N–H and O–H groups in total. The minimum atomic E-state index is -4.49. The Kier molecular flexibility index (Phi) is 6.64. The van der Waals surface area contributed by atoms with E-state index in [1.54, 1.807) is 13.2 Å². The van der Waals surface area contributed by atoms with Gasteiger partial charge in [-0.15, -0.1) is 0 Å². The number of anilines is 1. The first kappa shape index (κ1) is 20.6.